The predicted octanol–water partition coefficient (Wildman–Crippen LogP) is 10.3. The molecule has 0 N–H and O–H groups in total. The lowest BCUT2D eigenvalue weighted by molar-refractivity contribution is 0.591. The zero-order valence-corrected chi connectivity index (χ0v) is 34.7. The van der Waals surface area contributed by atoms with Crippen LogP contribution in [0.15, 0.2) is 97.1 Å². The number of rotatable bonds is 7. The first-order valence-electron chi connectivity index (χ1n) is 18.2. The average Bonchev–Trinajstić information content (AvgIpc) is 3.03. The second-order valence-corrected chi connectivity index (χ2v) is 20.6. The maximum atomic E-state index is 16.3. The Morgan fingerprint density at radius 2 is 0.519 bits per heavy atom. The van der Waals surface area contributed by atoms with Crippen LogP contribution in [0.3, 0.4) is 0 Å². The zero-order chi connectivity index (χ0) is 37.9. The molecule has 4 heteroatoms. The SMILES string of the molecule is Cc1cc(C)c(P(=O)(c2cccc(-c3cccc(P(=O)(c4c(C)cc(C)cc4C)c4c(C)cc(C)cc4C)c3)c2)c2c(C)cc(C)cc2C)c(C)c1. The van der Waals surface area contributed by atoms with Crippen LogP contribution in [0.2, 0.25) is 0 Å². The molecule has 0 saturated carbocycles. The van der Waals surface area contributed by atoms with Gasteiger partial charge in [0.1, 0.15) is 0 Å². The molecule has 0 saturated heterocycles. The van der Waals surface area contributed by atoms with E-state index in [4.69, 9.17) is 0 Å². The van der Waals surface area contributed by atoms with Gasteiger partial charge in [-0.15, -0.1) is 0 Å². The van der Waals surface area contributed by atoms with Crippen molar-refractivity contribution in [3.63, 3.8) is 0 Å². The molecule has 0 unspecified atom stereocenters. The standard InChI is InChI=1S/C48H52O2P2/c1-29-19-33(5)45(34(6)20-29)51(49,46-35(7)21-30(2)22-36(46)8)43-17-13-15-41(27-43)42-16-14-18-44(28-42)52(50,47-37(9)23-31(3)24-38(47)10)48-39(11)25-32(4)26-40(48)12/h13-28H,1-12H3. The first-order valence-corrected chi connectivity index (χ1v) is 21.6. The molecule has 0 aliphatic heterocycles. The molecule has 0 bridgehead atoms. The highest BCUT2D eigenvalue weighted by Gasteiger charge is 2.37. The smallest absolute Gasteiger partial charge is 0.172 e. The van der Waals surface area contributed by atoms with E-state index >= 15 is 9.13 Å². The predicted molar refractivity (Wildman–Crippen MR) is 228 cm³/mol. The molecule has 6 aromatic rings. The molecular weight excluding hydrogens is 670 g/mol. The number of benzene rings is 6. The van der Waals surface area contributed by atoms with E-state index in [1.807, 2.05) is 24.3 Å². The molecule has 6 rings (SSSR count). The van der Waals surface area contributed by atoms with Gasteiger partial charge in [0, 0.05) is 31.8 Å². The minimum Gasteiger partial charge on any atom is -0.309 e. The third-order valence-corrected chi connectivity index (χ3v) is 17.9. The van der Waals surface area contributed by atoms with Crippen LogP contribution < -0.4 is 31.8 Å². The number of aryl methyl sites for hydroxylation is 12. The number of hydrogen-bond donors (Lipinski definition) is 0. The minimum atomic E-state index is -3.34. The van der Waals surface area contributed by atoms with E-state index in [-0.39, 0.29) is 0 Å². The lowest BCUT2D eigenvalue weighted by Crippen LogP contribution is -2.32. The van der Waals surface area contributed by atoms with Crippen LogP contribution in [0.1, 0.15) is 66.8 Å². The molecule has 0 aromatic heterocycles. The van der Waals surface area contributed by atoms with Gasteiger partial charge in [-0.05, 0) is 151 Å². The Kier molecular flexibility index (Phi) is 10.1. The van der Waals surface area contributed by atoms with Crippen LogP contribution in [0.5, 0.6) is 0 Å². The molecule has 6 aromatic carbocycles. The van der Waals surface area contributed by atoms with Gasteiger partial charge in [-0.25, -0.2) is 0 Å². The van der Waals surface area contributed by atoms with Gasteiger partial charge in [-0.2, -0.15) is 0 Å². The summed E-state index contributed by atoms with van der Waals surface area (Å²) < 4.78 is 32.5. The largest absolute Gasteiger partial charge is 0.309 e. The van der Waals surface area contributed by atoms with Gasteiger partial charge in [0.2, 0.25) is 0 Å². The third-order valence-electron chi connectivity index (χ3n) is 10.6. The highest BCUT2D eigenvalue weighted by molar-refractivity contribution is 7.86. The minimum absolute atomic E-state index is 0.805. The van der Waals surface area contributed by atoms with E-state index in [0.717, 1.165) is 110 Å². The first-order chi connectivity index (χ1) is 24.5. The zero-order valence-electron chi connectivity index (χ0n) is 32.9. The van der Waals surface area contributed by atoms with E-state index in [1.54, 1.807) is 0 Å². The summed E-state index contributed by atoms with van der Waals surface area (Å²) in [6.45, 7) is 25.1. The summed E-state index contributed by atoms with van der Waals surface area (Å²) >= 11 is 0. The molecule has 0 atom stereocenters. The Labute approximate surface area is 312 Å². The molecule has 0 spiro atoms. The summed E-state index contributed by atoms with van der Waals surface area (Å²) in [6.07, 6.45) is 0. The summed E-state index contributed by atoms with van der Waals surface area (Å²) in [7, 11) is -6.69. The molecule has 0 amide bonds. The van der Waals surface area contributed by atoms with Gasteiger partial charge >= 0.3 is 0 Å². The summed E-state index contributed by atoms with van der Waals surface area (Å²) in [4.78, 5) is 0. The highest BCUT2D eigenvalue weighted by atomic mass is 31.2. The van der Waals surface area contributed by atoms with Gasteiger partial charge in [0.25, 0.3) is 0 Å². The van der Waals surface area contributed by atoms with Crippen molar-refractivity contribution < 1.29 is 9.13 Å². The van der Waals surface area contributed by atoms with Crippen molar-refractivity contribution in [2.75, 3.05) is 0 Å². The van der Waals surface area contributed by atoms with Gasteiger partial charge in [-0.1, -0.05) is 107 Å². The van der Waals surface area contributed by atoms with Crippen LogP contribution >= 0.6 is 14.3 Å². The van der Waals surface area contributed by atoms with Crippen molar-refractivity contribution in [3.05, 3.63) is 164 Å². The van der Waals surface area contributed by atoms with E-state index in [9.17, 15) is 0 Å². The van der Waals surface area contributed by atoms with Crippen molar-refractivity contribution >= 4 is 46.1 Å². The van der Waals surface area contributed by atoms with Crippen LogP contribution in [-0.2, 0) is 9.13 Å². The van der Waals surface area contributed by atoms with Crippen molar-refractivity contribution in [2.24, 2.45) is 0 Å². The van der Waals surface area contributed by atoms with Crippen molar-refractivity contribution in [1.82, 2.24) is 0 Å². The Morgan fingerprint density at radius 1 is 0.308 bits per heavy atom. The molecule has 0 fully saturated rings. The molecule has 0 radical (unpaired) electrons. The second kappa shape index (κ2) is 14.0. The first kappa shape index (κ1) is 37.5. The van der Waals surface area contributed by atoms with Crippen LogP contribution in [-0.4, -0.2) is 0 Å². The Balaban J connectivity index is 1.63. The van der Waals surface area contributed by atoms with Crippen LogP contribution in [0.25, 0.3) is 11.1 Å². The summed E-state index contributed by atoms with van der Waals surface area (Å²) in [6, 6.07) is 33.8. The molecular formula is C48H52O2P2. The van der Waals surface area contributed by atoms with Gasteiger partial charge in [0.15, 0.2) is 14.3 Å². The summed E-state index contributed by atoms with van der Waals surface area (Å²) in [5.74, 6) is 0. The quantitative estimate of drug-likeness (QED) is 0.154. The van der Waals surface area contributed by atoms with Gasteiger partial charge in [0.05, 0.1) is 0 Å². The van der Waals surface area contributed by atoms with E-state index in [2.05, 4.69) is 156 Å². The molecule has 0 heterocycles. The molecule has 52 heavy (non-hydrogen) atoms. The van der Waals surface area contributed by atoms with Crippen LogP contribution in [0, 0.1) is 83.1 Å². The molecule has 0 aliphatic carbocycles. The maximum absolute atomic E-state index is 16.3. The number of hydrogen-bond acceptors (Lipinski definition) is 2. The third kappa shape index (κ3) is 6.40. The summed E-state index contributed by atoms with van der Waals surface area (Å²) in [5.41, 5.74) is 14.9. The van der Waals surface area contributed by atoms with E-state index in [1.165, 1.54) is 0 Å². The Hall–Kier alpha value is -4.22. The molecule has 2 nitrogen and oxygen atoms in total. The lowest BCUT2D eigenvalue weighted by atomic mass is 10.1. The van der Waals surface area contributed by atoms with E-state index in [0.29, 0.717) is 0 Å². The Morgan fingerprint density at radius 3 is 0.731 bits per heavy atom. The second-order valence-electron chi connectivity index (χ2n) is 15.3. The fraction of sp³-hybridized carbons (Fsp3) is 0.250. The Bertz CT molecular complexity index is 2110. The lowest BCUT2D eigenvalue weighted by Gasteiger charge is -2.28. The normalized spacial score (nSPS) is 12.0. The van der Waals surface area contributed by atoms with Gasteiger partial charge < -0.3 is 9.13 Å². The summed E-state index contributed by atoms with van der Waals surface area (Å²) in [5, 5.41) is 5.27. The van der Waals surface area contributed by atoms with Crippen molar-refractivity contribution in [3.8, 4) is 11.1 Å². The maximum Gasteiger partial charge on any atom is 0.172 e. The average molecular weight is 723 g/mol. The van der Waals surface area contributed by atoms with E-state index < -0.39 is 14.3 Å². The van der Waals surface area contributed by atoms with Crippen LogP contribution in [0.4, 0.5) is 0 Å². The van der Waals surface area contributed by atoms with Gasteiger partial charge in [-0.3, -0.25) is 0 Å². The topological polar surface area (TPSA) is 34.1 Å². The molecule has 266 valence electrons. The van der Waals surface area contributed by atoms with Crippen molar-refractivity contribution in [2.45, 2.75) is 83.1 Å². The monoisotopic (exact) mass is 722 g/mol. The highest BCUT2D eigenvalue weighted by Crippen LogP contribution is 2.49. The fourth-order valence-corrected chi connectivity index (χ4v) is 16.4. The molecule has 0 aliphatic rings. The van der Waals surface area contributed by atoms with Crippen molar-refractivity contribution in [1.29, 1.82) is 0 Å². The fourth-order valence-electron chi connectivity index (χ4n) is 9.18.